The van der Waals surface area contributed by atoms with Gasteiger partial charge in [0.05, 0.1) is 11.6 Å². The normalized spacial score (nSPS) is 17.0. The van der Waals surface area contributed by atoms with Gasteiger partial charge in [-0.2, -0.15) is 0 Å². The van der Waals surface area contributed by atoms with Crippen molar-refractivity contribution in [3.63, 3.8) is 0 Å². The molecule has 2 aromatic carbocycles. The molecule has 1 atom stereocenters. The molecule has 2 heterocycles. The van der Waals surface area contributed by atoms with Crippen molar-refractivity contribution in [3.8, 4) is 0 Å². The number of aromatic nitrogens is 1. The average Bonchev–Trinajstić information content (AvgIpc) is 3.26. The molecule has 0 spiro atoms. The largest absolute Gasteiger partial charge is 0.503 e. The highest BCUT2D eigenvalue weighted by Crippen LogP contribution is 2.43. The first-order valence-electron chi connectivity index (χ1n) is 9.89. The number of hydrogen-bond acceptors (Lipinski definition) is 3. The summed E-state index contributed by atoms with van der Waals surface area (Å²) in [5, 5.41) is 11.6. The maximum absolute atomic E-state index is 13.1. The third-order valence-corrected chi connectivity index (χ3v) is 5.58. The van der Waals surface area contributed by atoms with Crippen LogP contribution in [0.1, 0.15) is 50.3 Å². The van der Waals surface area contributed by atoms with Crippen molar-refractivity contribution in [3.05, 3.63) is 77.2 Å². The van der Waals surface area contributed by atoms with E-state index in [0.717, 1.165) is 22.0 Å². The van der Waals surface area contributed by atoms with Crippen molar-refractivity contribution in [2.45, 2.75) is 39.2 Å². The molecule has 0 aliphatic carbocycles. The molecule has 0 bridgehead atoms. The van der Waals surface area contributed by atoms with Crippen molar-refractivity contribution >= 4 is 28.3 Å². The Morgan fingerprint density at radius 2 is 1.83 bits per heavy atom. The van der Waals surface area contributed by atoms with E-state index < -0.39 is 17.7 Å². The molecule has 0 saturated carbocycles. The van der Waals surface area contributed by atoms with Crippen LogP contribution in [0.15, 0.2) is 66.1 Å². The fourth-order valence-electron chi connectivity index (χ4n) is 3.98. The van der Waals surface area contributed by atoms with Crippen LogP contribution in [0.4, 0.5) is 5.69 Å². The number of para-hydroxylation sites is 1. The van der Waals surface area contributed by atoms with Crippen LogP contribution >= 0.6 is 0 Å². The van der Waals surface area contributed by atoms with Gasteiger partial charge in [0.15, 0.2) is 11.5 Å². The number of benzene rings is 2. The molecular formula is C24H24N2O3. The fourth-order valence-corrected chi connectivity index (χ4v) is 3.98. The Morgan fingerprint density at radius 1 is 1.14 bits per heavy atom. The predicted molar refractivity (Wildman–Crippen MR) is 114 cm³/mol. The zero-order valence-corrected chi connectivity index (χ0v) is 16.8. The van der Waals surface area contributed by atoms with Crippen molar-refractivity contribution in [2.24, 2.45) is 0 Å². The molecule has 29 heavy (non-hydrogen) atoms. The lowest BCUT2D eigenvalue weighted by Crippen LogP contribution is -2.30. The smallest absolute Gasteiger partial charge is 0.294 e. The molecule has 1 aromatic heterocycles. The number of hydrogen-bond donors (Lipinski definition) is 2. The third-order valence-electron chi connectivity index (χ3n) is 5.58. The van der Waals surface area contributed by atoms with Crippen LogP contribution in [0.5, 0.6) is 0 Å². The number of aliphatic hydroxyl groups is 1. The van der Waals surface area contributed by atoms with Crippen LogP contribution in [-0.4, -0.2) is 21.8 Å². The number of Topliss-reactive ketones (excluding diaryl/α,β-unsaturated/α-hetero) is 1. The standard InChI is InChI=1S/C24H24N2O3/c1-4-20(27)21-22(18-13-25-19-8-6-5-7-17(18)19)26(24(29)23(21)28)16-11-9-15(10-12-16)14(2)3/h5-14,22,25,28H,4H2,1-3H3. The molecule has 1 amide bonds. The summed E-state index contributed by atoms with van der Waals surface area (Å²) < 4.78 is 0. The minimum absolute atomic E-state index is 0.162. The summed E-state index contributed by atoms with van der Waals surface area (Å²) in [6, 6.07) is 14.8. The minimum Gasteiger partial charge on any atom is -0.503 e. The van der Waals surface area contributed by atoms with Crippen LogP contribution in [0, 0.1) is 0 Å². The molecular weight excluding hydrogens is 364 g/mol. The lowest BCUT2D eigenvalue weighted by atomic mass is 9.94. The number of amides is 1. The summed E-state index contributed by atoms with van der Waals surface area (Å²) in [4.78, 5) is 30.5. The van der Waals surface area contributed by atoms with Crippen molar-refractivity contribution < 1.29 is 14.7 Å². The van der Waals surface area contributed by atoms with Crippen LogP contribution in [-0.2, 0) is 9.59 Å². The van der Waals surface area contributed by atoms with Gasteiger partial charge < -0.3 is 10.1 Å². The summed E-state index contributed by atoms with van der Waals surface area (Å²) in [5.41, 5.74) is 3.68. The number of ketones is 1. The van der Waals surface area contributed by atoms with Gasteiger partial charge in [0.25, 0.3) is 5.91 Å². The van der Waals surface area contributed by atoms with Gasteiger partial charge in [-0.25, -0.2) is 0 Å². The van der Waals surface area contributed by atoms with Gasteiger partial charge in [-0.05, 0) is 29.7 Å². The van der Waals surface area contributed by atoms with Gasteiger partial charge in [-0.1, -0.05) is 51.1 Å². The van der Waals surface area contributed by atoms with Gasteiger partial charge in [-0.3, -0.25) is 14.5 Å². The molecule has 1 aliphatic rings. The van der Waals surface area contributed by atoms with E-state index in [9.17, 15) is 14.7 Å². The molecule has 1 unspecified atom stereocenters. The number of carbonyl (C=O) groups excluding carboxylic acids is 2. The lowest BCUT2D eigenvalue weighted by Gasteiger charge is -2.26. The van der Waals surface area contributed by atoms with Gasteiger partial charge >= 0.3 is 0 Å². The van der Waals surface area contributed by atoms with Crippen molar-refractivity contribution in [1.29, 1.82) is 0 Å². The maximum atomic E-state index is 13.1. The predicted octanol–water partition coefficient (Wildman–Crippen LogP) is 5.17. The molecule has 0 saturated heterocycles. The number of fused-ring (bicyclic) bond motifs is 1. The molecule has 1 aliphatic heterocycles. The number of aliphatic hydroxyl groups excluding tert-OH is 1. The van der Waals surface area contributed by atoms with Crippen LogP contribution in [0.3, 0.4) is 0 Å². The van der Waals surface area contributed by atoms with Gasteiger partial charge in [0.1, 0.15) is 0 Å². The Bertz CT molecular complexity index is 1120. The molecule has 3 aromatic rings. The molecule has 148 valence electrons. The first kappa shape index (κ1) is 19.0. The van der Waals surface area contributed by atoms with Crippen LogP contribution in [0.2, 0.25) is 0 Å². The second kappa shape index (κ2) is 7.24. The Labute approximate surface area is 169 Å². The number of aromatic amines is 1. The average molecular weight is 388 g/mol. The lowest BCUT2D eigenvalue weighted by molar-refractivity contribution is -0.118. The number of carbonyl (C=O) groups is 2. The Hall–Kier alpha value is -3.34. The number of anilines is 1. The topological polar surface area (TPSA) is 73.4 Å². The molecule has 0 fully saturated rings. The summed E-state index contributed by atoms with van der Waals surface area (Å²) >= 11 is 0. The van der Waals surface area contributed by atoms with Crippen molar-refractivity contribution in [2.75, 3.05) is 4.90 Å². The number of nitrogens with one attached hydrogen (secondary N) is 1. The van der Waals surface area contributed by atoms with Gasteiger partial charge in [-0.15, -0.1) is 0 Å². The van der Waals surface area contributed by atoms with Crippen LogP contribution in [0.25, 0.3) is 10.9 Å². The summed E-state index contributed by atoms with van der Waals surface area (Å²) in [6.07, 6.45) is 2.03. The number of rotatable bonds is 5. The molecule has 5 nitrogen and oxygen atoms in total. The second-order valence-electron chi connectivity index (χ2n) is 7.65. The van der Waals surface area contributed by atoms with Crippen molar-refractivity contribution in [1.82, 2.24) is 4.98 Å². The Balaban J connectivity index is 1.90. The Morgan fingerprint density at radius 3 is 2.48 bits per heavy atom. The number of nitrogens with zero attached hydrogens (tertiary/aromatic N) is 1. The molecule has 2 N–H and O–H groups in total. The summed E-state index contributed by atoms with van der Waals surface area (Å²) in [5.74, 6) is -0.867. The highest BCUT2D eigenvalue weighted by Gasteiger charge is 2.44. The fraction of sp³-hybridized carbons (Fsp3) is 0.250. The van der Waals surface area contributed by atoms with E-state index in [1.165, 1.54) is 4.90 Å². The minimum atomic E-state index is -0.670. The SMILES string of the molecule is CCC(=O)C1=C(O)C(=O)N(c2ccc(C(C)C)cc2)C1c1c[nH]c2ccccc12. The molecule has 5 heteroatoms. The Kier molecular flexibility index (Phi) is 4.74. The zero-order chi connectivity index (χ0) is 20.7. The molecule has 4 rings (SSSR count). The second-order valence-corrected chi connectivity index (χ2v) is 7.65. The summed E-state index contributed by atoms with van der Waals surface area (Å²) in [7, 11) is 0. The number of H-pyrrole nitrogens is 1. The van der Waals surface area contributed by atoms with E-state index in [-0.39, 0.29) is 17.8 Å². The highest BCUT2D eigenvalue weighted by molar-refractivity contribution is 6.17. The van der Waals surface area contributed by atoms with Gasteiger partial charge in [0.2, 0.25) is 0 Å². The van der Waals surface area contributed by atoms with E-state index in [1.807, 2.05) is 54.7 Å². The first-order valence-corrected chi connectivity index (χ1v) is 9.89. The first-order chi connectivity index (χ1) is 13.9. The summed E-state index contributed by atoms with van der Waals surface area (Å²) in [6.45, 7) is 5.95. The van der Waals surface area contributed by atoms with Crippen LogP contribution < -0.4 is 4.90 Å². The zero-order valence-electron chi connectivity index (χ0n) is 16.8. The van der Waals surface area contributed by atoms with E-state index >= 15 is 0 Å². The van der Waals surface area contributed by atoms with E-state index in [1.54, 1.807) is 6.92 Å². The quantitative estimate of drug-likeness (QED) is 0.633. The maximum Gasteiger partial charge on any atom is 0.294 e. The molecule has 0 radical (unpaired) electrons. The third kappa shape index (κ3) is 3.03. The highest BCUT2D eigenvalue weighted by atomic mass is 16.3. The monoisotopic (exact) mass is 388 g/mol. The van der Waals surface area contributed by atoms with Gasteiger partial charge in [0, 0.05) is 34.8 Å². The van der Waals surface area contributed by atoms with E-state index in [2.05, 4.69) is 18.8 Å². The van der Waals surface area contributed by atoms with E-state index in [0.29, 0.717) is 11.6 Å². The van der Waals surface area contributed by atoms with E-state index in [4.69, 9.17) is 0 Å².